The maximum atomic E-state index is 15.6. The molecule has 26 heteroatoms. The Hall–Kier alpha value is -13.6. The summed E-state index contributed by atoms with van der Waals surface area (Å²) in [5.41, 5.74) is 12.5. The van der Waals surface area contributed by atoms with Crippen LogP contribution in [0.1, 0.15) is 55.4 Å². The van der Waals surface area contributed by atoms with Gasteiger partial charge in [-0.15, -0.1) is 24.0 Å². The fourth-order valence-corrected chi connectivity index (χ4v) is 14.4. The van der Waals surface area contributed by atoms with Gasteiger partial charge in [-0.3, -0.25) is 0 Å². The van der Waals surface area contributed by atoms with E-state index in [1.807, 2.05) is 371 Å². The lowest BCUT2D eigenvalue weighted by Crippen LogP contribution is -2.41. The summed E-state index contributed by atoms with van der Waals surface area (Å²) < 4.78 is 66.3. The van der Waals surface area contributed by atoms with E-state index in [1.165, 1.54) is 24.3 Å². The van der Waals surface area contributed by atoms with Crippen LogP contribution in [-0.4, -0.2) is 101 Å². The smallest absolute Gasteiger partial charge is 0.399 e. The minimum Gasteiger partial charge on any atom is -0.399 e. The van der Waals surface area contributed by atoms with Gasteiger partial charge in [0, 0.05) is 72.3 Å². The Labute approximate surface area is 802 Å². The van der Waals surface area contributed by atoms with Crippen molar-refractivity contribution in [3.8, 4) is 148 Å². The van der Waals surface area contributed by atoms with E-state index in [9.17, 15) is 8.78 Å². The lowest BCUT2D eigenvalue weighted by Gasteiger charge is -2.32. The molecule has 0 saturated carbocycles. The summed E-state index contributed by atoms with van der Waals surface area (Å²) in [5.74, 6) is 4.09. The second-order valence-electron chi connectivity index (χ2n) is 32.7. The zero-order chi connectivity index (χ0) is 91.9. The van der Waals surface area contributed by atoms with Gasteiger partial charge in [-0.05, 0) is 133 Å². The third-order valence-electron chi connectivity index (χ3n) is 22.4. The first-order valence-corrected chi connectivity index (χ1v) is 43.6. The molecule has 18 aromatic rings. The first-order valence-electron chi connectivity index (χ1n) is 42.5. The van der Waals surface area contributed by atoms with Crippen LogP contribution >= 0.6 is 58.8 Å². The highest BCUT2D eigenvalue weighted by atomic mass is 127. The zero-order valence-electron chi connectivity index (χ0n) is 73.5. The Morgan fingerprint density at radius 3 is 0.774 bits per heavy atom. The monoisotopic (exact) mass is 1930 g/mol. The Morgan fingerprint density at radius 2 is 0.459 bits per heavy atom. The van der Waals surface area contributed by atoms with Gasteiger partial charge in [0.15, 0.2) is 58.2 Å². The number of halogens is 7. The minimum atomic E-state index is -0.525. The van der Waals surface area contributed by atoms with Crippen LogP contribution in [-0.2, 0) is 18.6 Å². The Balaban J connectivity index is 0.000000132. The molecule has 658 valence electrons. The van der Waals surface area contributed by atoms with Gasteiger partial charge >= 0.3 is 14.2 Å². The Kier molecular flexibility index (Phi) is 29.9. The highest BCUT2D eigenvalue weighted by molar-refractivity contribution is 14.0. The molecule has 2 saturated heterocycles. The SMILES string of the molecule is CC1(C)OB(c2cc(-c3ccccc3)nc(-c3ccccc3)n2)OC1(C)C.CC1(C)OB(c2ccc(F)c(Cl)c2)OC1(C)C.Clc1nc(-c2ccccc2)nc(-c2ccccc2)n1.Fc1ccc(-c2nc(-c3ccccc3)nc(-c3ccccc3)n2)cc1-c1cc(-c2ccccc2)nc(-c2ccccc2)n1.Fc1ccc(-c2nc(-c3ccccc3)nc(-c3ccccc3)n2)cc1Cl.I. The third-order valence-corrected chi connectivity index (χ3v) is 23.1. The lowest BCUT2D eigenvalue weighted by atomic mass is 9.79. The normalized spacial score (nSPS) is 13.5. The van der Waals surface area contributed by atoms with Crippen LogP contribution < -0.4 is 11.1 Å². The quantitative estimate of drug-likeness (QED) is 0.0691. The van der Waals surface area contributed by atoms with Crippen molar-refractivity contribution >= 4 is 84.1 Å². The molecule has 20 rings (SSSR count). The molecule has 0 N–H and O–H groups in total. The summed E-state index contributed by atoms with van der Waals surface area (Å²) in [4.78, 5) is 60.2. The van der Waals surface area contributed by atoms with Gasteiger partial charge in [-0.1, -0.05) is 333 Å². The predicted octanol–water partition coefficient (Wildman–Crippen LogP) is 25.8. The number of hydrogen-bond acceptors (Lipinski definition) is 17. The number of rotatable bonds is 15. The summed E-state index contributed by atoms with van der Waals surface area (Å²) in [6.45, 7) is 16.1. The fourth-order valence-electron chi connectivity index (χ4n) is 13.9. The minimum absolute atomic E-state index is 0. The van der Waals surface area contributed by atoms with E-state index in [-0.39, 0.29) is 39.3 Å². The first-order chi connectivity index (χ1) is 63.8. The van der Waals surface area contributed by atoms with E-state index >= 15 is 4.39 Å². The van der Waals surface area contributed by atoms with Crippen LogP contribution in [0.5, 0.6) is 0 Å². The van der Waals surface area contributed by atoms with E-state index < -0.39 is 54.1 Å². The van der Waals surface area contributed by atoms with Crippen molar-refractivity contribution in [3.05, 3.63) is 403 Å². The molecular formula is C107H86B2Cl3F3IN13O4. The van der Waals surface area contributed by atoms with E-state index in [1.54, 1.807) is 30.3 Å². The topological polar surface area (TPSA) is 204 Å². The van der Waals surface area contributed by atoms with Crippen molar-refractivity contribution in [3.63, 3.8) is 0 Å². The van der Waals surface area contributed by atoms with Crippen molar-refractivity contribution in [2.24, 2.45) is 0 Å². The molecule has 7 heterocycles. The van der Waals surface area contributed by atoms with Gasteiger partial charge in [0.1, 0.15) is 17.5 Å². The number of nitrogens with zero attached hydrogens (tertiary/aromatic N) is 13. The van der Waals surface area contributed by atoms with Crippen LogP contribution in [0.15, 0.2) is 370 Å². The van der Waals surface area contributed by atoms with Crippen LogP contribution in [0.3, 0.4) is 0 Å². The van der Waals surface area contributed by atoms with E-state index in [4.69, 9.17) is 88.3 Å². The number of hydrogen-bond donors (Lipinski definition) is 0. The van der Waals surface area contributed by atoms with Crippen molar-refractivity contribution in [2.45, 2.75) is 77.8 Å². The zero-order valence-corrected chi connectivity index (χ0v) is 78.1. The molecule has 2 fully saturated rings. The van der Waals surface area contributed by atoms with Gasteiger partial charge in [0.25, 0.3) is 0 Å². The molecular weight excluding hydrogens is 1840 g/mol. The summed E-state index contributed by atoms with van der Waals surface area (Å²) >= 11 is 17.7. The summed E-state index contributed by atoms with van der Waals surface area (Å²) in [7, 11) is -1.03. The van der Waals surface area contributed by atoms with Gasteiger partial charge in [0.05, 0.1) is 55.1 Å². The van der Waals surface area contributed by atoms with Gasteiger partial charge in [0.2, 0.25) is 5.28 Å². The van der Waals surface area contributed by atoms with Crippen LogP contribution in [0.25, 0.3) is 148 Å². The summed E-state index contributed by atoms with van der Waals surface area (Å²) in [5, 5.41) is 0.315. The molecule has 13 aromatic carbocycles. The molecule has 0 amide bonds. The van der Waals surface area contributed by atoms with Crippen LogP contribution in [0.2, 0.25) is 15.3 Å². The fraction of sp³-hybridized carbons (Fsp3) is 0.112. The first kappa shape index (κ1) is 94.1. The van der Waals surface area contributed by atoms with Gasteiger partial charge in [-0.25, -0.2) is 68.0 Å². The van der Waals surface area contributed by atoms with Crippen molar-refractivity contribution in [1.82, 2.24) is 64.8 Å². The van der Waals surface area contributed by atoms with Crippen molar-refractivity contribution < 1.29 is 31.8 Å². The highest BCUT2D eigenvalue weighted by Crippen LogP contribution is 2.40. The predicted molar refractivity (Wildman–Crippen MR) is 536 cm³/mol. The maximum Gasteiger partial charge on any atom is 0.514 e. The average Bonchev–Trinajstić information content (AvgIpc) is 1.61. The van der Waals surface area contributed by atoms with Crippen LogP contribution in [0.4, 0.5) is 13.2 Å². The Morgan fingerprint density at radius 1 is 0.218 bits per heavy atom. The average molecular weight is 1930 g/mol. The molecule has 0 unspecified atom stereocenters. The highest BCUT2D eigenvalue weighted by Gasteiger charge is 2.53. The molecule has 133 heavy (non-hydrogen) atoms. The largest absolute Gasteiger partial charge is 0.514 e. The molecule has 2 aliphatic heterocycles. The van der Waals surface area contributed by atoms with Crippen molar-refractivity contribution in [1.29, 1.82) is 0 Å². The number of aromatic nitrogens is 13. The molecule has 2 aliphatic rings. The van der Waals surface area contributed by atoms with Gasteiger partial charge in [-0.2, -0.15) is 9.97 Å². The van der Waals surface area contributed by atoms with Crippen LogP contribution in [0, 0.1) is 17.5 Å². The standard InChI is InChI=1S/C37H24FN5.C22H23BN2O2.C21H13ClFN3.C15H10ClN3.C12H15BClFO2.HI/c38-31-22-21-29(37-42-35(27-17-9-3-10-18-27)41-36(43-37)28-19-11-4-12-20-28)23-30(31)33-24-32(25-13-5-1-6-14-25)39-34(40-33)26-15-7-2-8-16-26;1-21(2)22(3,4)27-23(26-21)19-15-18(16-11-7-5-8-12-16)24-20(25-19)17-13-9-6-10-14-17;22-17-13-16(11-12-18(17)23)21-25-19(14-7-3-1-4-8-14)24-20(26-21)15-9-5-2-6-10-15;16-15-18-13(11-7-3-1-4-8-11)17-14(19-15)12-9-5-2-6-10-12;1-11(2)12(3,4)17-13(16-11)8-5-6-10(15)9(14)7-8;/h1-24H;5-15H,1-4H3;1-13H;1-10H;5-7H,1-4H3;1H. The molecule has 5 aromatic heterocycles. The third kappa shape index (κ3) is 23.1. The second-order valence-corrected chi connectivity index (χ2v) is 33.8. The molecule has 0 radical (unpaired) electrons. The molecule has 0 bridgehead atoms. The molecule has 0 spiro atoms. The maximum absolute atomic E-state index is 15.6. The number of benzene rings is 13. The Bertz CT molecular complexity index is 6690. The molecule has 0 aliphatic carbocycles. The lowest BCUT2D eigenvalue weighted by molar-refractivity contribution is 0.00578. The van der Waals surface area contributed by atoms with E-state index in [2.05, 4.69) is 29.9 Å². The summed E-state index contributed by atoms with van der Waals surface area (Å²) in [6, 6.07) is 115. The second kappa shape index (κ2) is 42.3. The molecule has 17 nitrogen and oxygen atoms in total. The summed E-state index contributed by atoms with van der Waals surface area (Å²) in [6.07, 6.45) is 0. The van der Waals surface area contributed by atoms with E-state index in [0.29, 0.717) is 86.3 Å². The molecule has 0 atom stereocenters. The van der Waals surface area contributed by atoms with Crippen molar-refractivity contribution in [2.75, 3.05) is 0 Å². The van der Waals surface area contributed by atoms with E-state index in [0.717, 1.165) is 72.4 Å². The van der Waals surface area contributed by atoms with Gasteiger partial charge < -0.3 is 18.6 Å².